The molecule has 1 heterocycles. The van der Waals surface area contributed by atoms with Crippen LogP contribution in [-0.4, -0.2) is 12.4 Å². The van der Waals surface area contributed by atoms with Crippen LogP contribution < -0.4 is 0 Å². The maximum atomic E-state index is 6.18. The number of hydrogen-bond acceptors (Lipinski definition) is 2. The predicted molar refractivity (Wildman–Crippen MR) is 84.9 cm³/mol. The molecule has 21 heavy (non-hydrogen) atoms. The molecule has 1 aliphatic heterocycles. The van der Waals surface area contributed by atoms with Crippen molar-refractivity contribution in [2.24, 2.45) is 17.3 Å². The van der Waals surface area contributed by atoms with E-state index in [1.165, 1.54) is 24.8 Å². The van der Waals surface area contributed by atoms with Gasteiger partial charge in [-0.2, -0.15) is 0 Å². The van der Waals surface area contributed by atoms with Gasteiger partial charge in [-0.15, -0.1) is 0 Å². The summed E-state index contributed by atoms with van der Waals surface area (Å²) in [5.74, 6) is 1.24. The van der Waals surface area contributed by atoms with E-state index in [0.29, 0.717) is 17.4 Å². The Labute approximate surface area is 128 Å². The van der Waals surface area contributed by atoms with E-state index >= 15 is 0 Å². The van der Waals surface area contributed by atoms with E-state index in [4.69, 9.17) is 9.47 Å². The van der Waals surface area contributed by atoms with Crippen LogP contribution in [0.15, 0.2) is 30.3 Å². The topological polar surface area (TPSA) is 18.5 Å². The fourth-order valence-corrected chi connectivity index (χ4v) is 4.01. The third-order valence-corrected chi connectivity index (χ3v) is 5.28. The second-order valence-corrected chi connectivity index (χ2v) is 7.75. The summed E-state index contributed by atoms with van der Waals surface area (Å²) in [6.07, 6.45) is 4.11. The van der Waals surface area contributed by atoms with Crippen LogP contribution in [0.3, 0.4) is 0 Å². The Kier molecular flexibility index (Phi) is 4.11. The smallest absolute Gasteiger partial charge is 0.156 e. The van der Waals surface area contributed by atoms with Gasteiger partial charge in [0.15, 0.2) is 6.29 Å². The zero-order chi connectivity index (χ0) is 15.0. The third kappa shape index (κ3) is 3.17. The van der Waals surface area contributed by atoms with Crippen molar-refractivity contribution in [1.29, 1.82) is 0 Å². The number of rotatable bonds is 1. The van der Waals surface area contributed by atoms with Gasteiger partial charge in [-0.25, -0.2) is 0 Å². The molecule has 0 amide bonds. The molecule has 5 unspecified atom stereocenters. The summed E-state index contributed by atoms with van der Waals surface area (Å²) in [6, 6.07) is 10.7. The van der Waals surface area contributed by atoms with Gasteiger partial charge in [0.2, 0.25) is 0 Å². The van der Waals surface area contributed by atoms with E-state index in [2.05, 4.69) is 51.1 Å². The molecule has 5 atom stereocenters. The van der Waals surface area contributed by atoms with Gasteiger partial charge in [-0.05, 0) is 43.1 Å². The van der Waals surface area contributed by atoms with Crippen LogP contribution in [0.5, 0.6) is 0 Å². The van der Waals surface area contributed by atoms with Gasteiger partial charge < -0.3 is 9.47 Å². The SMILES string of the molecule is CC1OC2CCC(C(C)(C)C)CC2C(c2ccccc2)O1. The van der Waals surface area contributed by atoms with Gasteiger partial charge in [0.1, 0.15) is 0 Å². The Hall–Kier alpha value is -0.860. The molecule has 1 aromatic carbocycles. The van der Waals surface area contributed by atoms with E-state index in [9.17, 15) is 0 Å². The van der Waals surface area contributed by atoms with Crippen LogP contribution in [0.2, 0.25) is 0 Å². The van der Waals surface area contributed by atoms with Crippen LogP contribution in [0, 0.1) is 17.3 Å². The number of benzene rings is 1. The largest absolute Gasteiger partial charge is 0.349 e. The third-order valence-electron chi connectivity index (χ3n) is 5.28. The molecule has 2 fully saturated rings. The Morgan fingerprint density at radius 3 is 2.38 bits per heavy atom. The van der Waals surface area contributed by atoms with E-state index in [0.717, 1.165) is 5.92 Å². The Balaban J connectivity index is 1.84. The standard InChI is InChI=1S/C19H28O2/c1-13-20-17-11-10-15(19(2,3)4)12-16(17)18(21-13)14-8-6-5-7-9-14/h5-9,13,15-18H,10-12H2,1-4H3. The zero-order valence-corrected chi connectivity index (χ0v) is 13.7. The molecule has 2 aliphatic rings. The molecule has 1 saturated heterocycles. The highest BCUT2D eigenvalue weighted by Crippen LogP contribution is 2.48. The lowest BCUT2D eigenvalue weighted by Gasteiger charge is -2.48. The lowest BCUT2D eigenvalue weighted by atomic mass is 9.66. The molecule has 2 nitrogen and oxygen atoms in total. The van der Waals surface area contributed by atoms with Crippen LogP contribution >= 0.6 is 0 Å². The van der Waals surface area contributed by atoms with Crippen LogP contribution in [0.25, 0.3) is 0 Å². The highest BCUT2D eigenvalue weighted by Gasteiger charge is 2.44. The summed E-state index contributed by atoms with van der Waals surface area (Å²) in [5, 5.41) is 0. The molecule has 0 N–H and O–H groups in total. The average Bonchev–Trinajstić information content (AvgIpc) is 2.46. The Bertz CT molecular complexity index is 462. The summed E-state index contributed by atoms with van der Waals surface area (Å²) >= 11 is 0. The van der Waals surface area contributed by atoms with Crippen molar-refractivity contribution in [2.75, 3.05) is 0 Å². The Morgan fingerprint density at radius 1 is 1.00 bits per heavy atom. The van der Waals surface area contributed by atoms with Gasteiger partial charge in [0.05, 0.1) is 12.2 Å². The second kappa shape index (κ2) is 5.73. The van der Waals surface area contributed by atoms with E-state index in [1.807, 2.05) is 6.92 Å². The van der Waals surface area contributed by atoms with Crippen LogP contribution in [0.4, 0.5) is 0 Å². The Morgan fingerprint density at radius 2 is 1.71 bits per heavy atom. The minimum atomic E-state index is -0.0948. The monoisotopic (exact) mass is 288 g/mol. The minimum absolute atomic E-state index is 0.0948. The van der Waals surface area contributed by atoms with Gasteiger partial charge in [-0.1, -0.05) is 51.1 Å². The van der Waals surface area contributed by atoms with E-state index in [-0.39, 0.29) is 12.4 Å². The maximum absolute atomic E-state index is 6.18. The van der Waals surface area contributed by atoms with Crippen molar-refractivity contribution in [3.63, 3.8) is 0 Å². The summed E-state index contributed by atoms with van der Waals surface area (Å²) in [7, 11) is 0. The van der Waals surface area contributed by atoms with Crippen molar-refractivity contribution >= 4 is 0 Å². The predicted octanol–water partition coefficient (Wildman–Crippen LogP) is 4.95. The van der Waals surface area contributed by atoms with Crippen molar-refractivity contribution in [2.45, 2.75) is 65.5 Å². The molecular formula is C19H28O2. The first-order valence-electron chi connectivity index (χ1n) is 8.31. The first-order chi connectivity index (χ1) is 9.95. The van der Waals surface area contributed by atoms with Crippen LogP contribution in [0.1, 0.15) is 58.6 Å². The second-order valence-electron chi connectivity index (χ2n) is 7.75. The minimum Gasteiger partial charge on any atom is -0.349 e. The molecule has 116 valence electrons. The highest BCUT2D eigenvalue weighted by atomic mass is 16.7. The summed E-state index contributed by atoms with van der Waals surface area (Å²) in [5.41, 5.74) is 1.67. The molecule has 3 rings (SSSR count). The number of ether oxygens (including phenoxy) is 2. The molecule has 0 radical (unpaired) electrons. The lowest BCUT2D eigenvalue weighted by Crippen LogP contribution is -2.46. The molecule has 0 bridgehead atoms. The van der Waals surface area contributed by atoms with Gasteiger partial charge in [0, 0.05) is 5.92 Å². The summed E-state index contributed by atoms with van der Waals surface area (Å²) in [6.45, 7) is 9.12. The summed E-state index contributed by atoms with van der Waals surface area (Å²) < 4.78 is 12.3. The molecule has 1 aliphatic carbocycles. The fraction of sp³-hybridized carbons (Fsp3) is 0.684. The van der Waals surface area contributed by atoms with Gasteiger partial charge in [-0.3, -0.25) is 0 Å². The molecule has 0 spiro atoms. The van der Waals surface area contributed by atoms with Crippen molar-refractivity contribution in [3.8, 4) is 0 Å². The first-order valence-corrected chi connectivity index (χ1v) is 8.31. The number of fused-ring (bicyclic) bond motifs is 1. The van der Waals surface area contributed by atoms with Gasteiger partial charge >= 0.3 is 0 Å². The van der Waals surface area contributed by atoms with Crippen molar-refractivity contribution in [3.05, 3.63) is 35.9 Å². The van der Waals surface area contributed by atoms with E-state index < -0.39 is 0 Å². The molecular weight excluding hydrogens is 260 g/mol. The quantitative estimate of drug-likeness (QED) is 0.728. The first kappa shape index (κ1) is 15.1. The molecule has 1 saturated carbocycles. The maximum Gasteiger partial charge on any atom is 0.156 e. The zero-order valence-electron chi connectivity index (χ0n) is 13.7. The lowest BCUT2D eigenvalue weighted by molar-refractivity contribution is -0.276. The summed E-state index contributed by atoms with van der Waals surface area (Å²) in [4.78, 5) is 0. The molecule has 2 heteroatoms. The van der Waals surface area contributed by atoms with Crippen molar-refractivity contribution < 1.29 is 9.47 Å². The van der Waals surface area contributed by atoms with Gasteiger partial charge in [0.25, 0.3) is 0 Å². The van der Waals surface area contributed by atoms with Crippen LogP contribution in [-0.2, 0) is 9.47 Å². The molecule has 1 aromatic rings. The molecule has 0 aromatic heterocycles. The van der Waals surface area contributed by atoms with E-state index in [1.54, 1.807) is 0 Å². The number of hydrogen-bond donors (Lipinski definition) is 0. The highest BCUT2D eigenvalue weighted by molar-refractivity contribution is 5.19. The average molecular weight is 288 g/mol. The van der Waals surface area contributed by atoms with Crippen molar-refractivity contribution in [1.82, 2.24) is 0 Å². The fourth-order valence-electron chi connectivity index (χ4n) is 4.01. The normalized spacial score (nSPS) is 37.0.